The molecule has 2 N–H and O–H groups in total. The predicted octanol–water partition coefficient (Wildman–Crippen LogP) is 0.0251. The molecule has 0 aromatic carbocycles. The summed E-state index contributed by atoms with van der Waals surface area (Å²) in [7, 11) is -2.99. The lowest BCUT2D eigenvalue weighted by Gasteiger charge is -2.22. The maximum atomic E-state index is 11.8. The highest BCUT2D eigenvalue weighted by molar-refractivity contribution is 7.91. The molecule has 1 aromatic heterocycles. The van der Waals surface area contributed by atoms with Crippen LogP contribution in [0.5, 0.6) is 0 Å². The molecule has 1 atom stereocenters. The molecule has 17 heavy (non-hydrogen) atoms. The Morgan fingerprint density at radius 3 is 2.94 bits per heavy atom. The minimum Gasteiger partial charge on any atom is -0.348 e. The van der Waals surface area contributed by atoms with Crippen molar-refractivity contribution in [2.45, 2.75) is 25.8 Å². The lowest BCUT2D eigenvalue weighted by Crippen LogP contribution is -2.43. The molecule has 0 aliphatic carbocycles. The van der Waals surface area contributed by atoms with Gasteiger partial charge in [0.05, 0.1) is 23.3 Å². The van der Waals surface area contributed by atoms with Gasteiger partial charge in [-0.25, -0.2) is 8.42 Å². The van der Waals surface area contributed by atoms with Crippen LogP contribution in [0, 0.1) is 6.92 Å². The highest BCUT2D eigenvalue weighted by atomic mass is 32.2. The maximum Gasteiger partial charge on any atom is 0.254 e. The highest BCUT2D eigenvalue weighted by Crippen LogP contribution is 2.13. The van der Waals surface area contributed by atoms with Crippen LogP contribution in [0.3, 0.4) is 0 Å². The number of aromatic nitrogens is 2. The molecular formula is C10H15N3O3S. The number of rotatable bonds is 2. The van der Waals surface area contributed by atoms with Gasteiger partial charge in [-0.2, -0.15) is 5.10 Å². The van der Waals surface area contributed by atoms with Gasteiger partial charge in [0.2, 0.25) is 0 Å². The lowest BCUT2D eigenvalue weighted by atomic mass is 10.1. The Bertz CT molecular complexity index is 521. The third kappa shape index (κ3) is 2.85. The fourth-order valence-electron chi connectivity index (χ4n) is 1.98. The molecule has 1 unspecified atom stereocenters. The molecule has 2 rings (SSSR count). The summed E-state index contributed by atoms with van der Waals surface area (Å²) in [6, 6.07) is -0.282. The van der Waals surface area contributed by atoms with Crippen molar-refractivity contribution in [2.24, 2.45) is 0 Å². The van der Waals surface area contributed by atoms with Crippen molar-refractivity contribution in [3.63, 3.8) is 0 Å². The first-order valence-corrected chi connectivity index (χ1v) is 7.31. The summed E-state index contributed by atoms with van der Waals surface area (Å²) in [5.41, 5.74) is 1.15. The molecule has 6 nitrogen and oxygen atoms in total. The van der Waals surface area contributed by atoms with E-state index < -0.39 is 9.84 Å². The molecule has 7 heteroatoms. The molecule has 0 saturated carbocycles. The summed E-state index contributed by atoms with van der Waals surface area (Å²) in [6.07, 6.45) is 2.77. The first-order valence-electron chi connectivity index (χ1n) is 5.49. The van der Waals surface area contributed by atoms with Crippen LogP contribution in [0.2, 0.25) is 0 Å². The van der Waals surface area contributed by atoms with Crippen LogP contribution < -0.4 is 5.32 Å². The summed E-state index contributed by atoms with van der Waals surface area (Å²) in [5, 5.41) is 9.17. The molecular weight excluding hydrogens is 242 g/mol. The molecule has 2 heterocycles. The van der Waals surface area contributed by atoms with Gasteiger partial charge in [-0.3, -0.25) is 9.89 Å². The second-order valence-electron chi connectivity index (χ2n) is 4.34. The van der Waals surface area contributed by atoms with Crippen molar-refractivity contribution in [1.29, 1.82) is 0 Å². The van der Waals surface area contributed by atoms with Gasteiger partial charge in [0.1, 0.15) is 0 Å². The molecule has 1 aliphatic heterocycles. The van der Waals surface area contributed by atoms with E-state index in [9.17, 15) is 13.2 Å². The first kappa shape index (κ1) is 12.1. The number of H-pyrrole nitrogens is 1. The lowest BCUT2D eigenvalue weighted by molar-refractivity contribution is 0.0938. The van der Waals surface area contributed by atoms with E-state index in [0.717, 1.165) is 0 Å². The van der Waals surface area contributed by atoms with Crippen molar-refractivity contribution < 1.29 is 13.2 Å². The first-order chi connectivity index (χ1) is 7.98. The minimum absolute atomic E-state index is 0.0373. The third-order valence-electron chi connectivity index (χ3n) is 2.87. The van der Waals surface area contributed by atoms with Crippen molar-refractivity contribution in [1.82, 2.24) is 15.5 Å². The SMILES string of the molecule is Cc1[nH]ncc1C(=O)NC1CCCS(=O)(=O)C1. The zero-order valence-corrected chi connectivity index (χ0v) is 10.4. The van der Waals surface area contributed by atoms with Gasteiger partial charge in [0.25, 0.3) is 5.91 Å². The predicted molar refractivity (Wildman–Crippen MR) is 62.5 cm³/mol. The van der Waals surface area contributed by atoms with Crippen LogP contribution in [-0.2, 0) is 9.84 Å². The average molecular weight is 257 g/mol. The van der Waals surface area contributed by atoms with Gasteiger partial charge in [-0.15, -0.1) is 0 Å². The number of amides is 1. The zero-order chi connectivity index (χ0) is 12.5. The number of nitrogens with one attached hydrogen (secondary N) is 2. The number of carbonyl (C=O) groups excluding carboxylic acids is 1. The molecule has 1 fully saturated rings. The number of carbonyl (C=O) groups is 1. The monoisotopic (exact) mass is 257 g/mol. The van der Waals surface area contributed by atoms with Gasteiger partial charge in [0, 0.05) is 11.7 Å². The van der Waals surface area contributed by atoms with Crippen LogP contribution >= 0.6 is 0 Å². The Morgan fingerprint density at radius 1 is 1.59 bits per heavy atom. The Labute approximate surface area is 99.7 Å². The summed E-state index contributed by atoms with van der Waals surface area (Å²) < 4.78 is 22.9. The van der Waals surface area contributed by atoms with E-state index in [2.05, 4.69) is 15.5 Å². The molecule has 1 aromatic rings. The van der Waals surface area contributed by atoms with E-state index in [0.29, 0.717) is 24.1 Å². The number of hydrogen-bond donors (Lipinski definition) is 2. The molecule has 0 bridgehead atoms. The van der Waals surface area contributed by atoms with Crippen LogP contribution in [0.15, 0.2) is 6.20 Å². The number of aryl methyl sites for hydroxylation is 1. The van der Waals surface area contributed by atoms with Gasteiger partial charge >= 0.3 is 0 Å². The van der Waals surface area contributed by atoms with Crippen LogP contribution in [0.25, 0.3) is 0 Å². The molecule has 0 radical (unpaired) electrons. The Balaban J connectivity index is 2.02. The van der Waals surface area contributed by atoms with Crippen LogP contribution in [-0.4, -0.2) is 42.1 Å². The fourth-order valence-corrected chi connectivity index (χ4v) is 3.62. The second-order valence-corrected chi connectivity index (χ2v) is 6.56. The van der Waals surface area contributed by atoms with E-state index in [1.54, 1.807) is 6.92 Å². The van der Waals surface area contributed by atoms with Crippen molar-refractivity contribution in [3.05, 3.63) is 17.5 Å². The van der Waals surface area contributed by atoms with Crippen LogP contribution in [0.4, 0.5) is 0 Å². The summed E-state index contributed by atoms with van der Waals surface area (Å²) in [4.78, 5) is 11.8. The smallest absolute Gasteiger partial charge is 0.254 e. The molecule has 1 aliphatic rings. The van der Waals surface area contributed by atoms with Gasteiger partial charge < -0.3 is 5.32 Å². The minimum atomic E-state index is -2.99. The molecule has 94 valence electrons. The van der Waals surface area contributed by atoms with E-state index in [-0.39, 0.29) is 23.5 Å². The quantitative estimate of drug-likeness (QED) is 0.781. The number of nitrogens with zero attached hydrogens (tertiary/aromatic N) is 1. The Morgan fingerprint density at radius 2 is 2.35 bits per heavy atom. The third-order valence-corrected chi connectivity index (χ3v) is 4.69. The maximum absolute atomic E-state index is 11.8. The molecule has 0 spiro atoms. The van der Waals surface area contributed by atoms with Gasteiger partial charge in [-0.05, 0) is 19.8 Å². The fraction of sp³-hybridized carbons (Fsp3) is 0.600. The second kappa shape index (κ2) is 4.48. The summed E-state index contributed by atoms with van der Waals surface area (Å²) in [5.74, 6) is -0.00178. The normalized spacial score (nSPS) is 23.2. The van der Waals surface area contributed by atoms with Crippen molar-refractivity contribution >= 4 is 15.7 Å². The van der Waals surface area contributed by atoms with Gasteiger partial charge in [-0.1, -0.05) is 0 Å². The van der Waals surface area contributed by atoms with Crippen LogP contribution in [0.1, 0.15) is 28.9 Å². The summed E-state index contributed by atoms with van der Waals surface area (Å²) in [6.45, 7) is 1.75. The molecule has 1 amide bonds. The van der Waals surface area contributed by atoms with E-state index in [4.69, 9.17) is 0 Å². The number of aromatic amines is 1. The topological polar surface area (TPSA) is 91.9 Å². The van der Waals surface area contributed by atoms with E-state index in [1.165, 1.54) is 6.20 Å². The number of sulfone groups is 1. The average Bonchev–Trinajstić information content (AvgIpc) is 2.62. The van der Waals surface area contributed by atoms with Crippen molar-refractivity contribution in [2.75, 3.05) is 11.5 Å². The van der Waals surface area contributed by atoms with Gasteiger partial charge in [0.15, 0.2) is 9.84 Å². The largest absolute Gasteiger partial charge is 0.348 e. The van der Waals surface area contributed by atoms with E-state index >= 15 is 0 Å². The highest BCUT2D eigenvalue weighted by Gasteiger charge is 2.26. The Kier molecular flexibility index (Phi) is 3.19. The molecule has 1 saturated heterocycles. The van der Waals surface area contributed by atoms with E-state index in [1.807, 2.05) is 0 Å². The zero-order valence-electron chi connectivity index (χ0n) is 9.56. The number of hydrogen-bond acceptors (Lipinski definition) is 4. The standard InChI is InChI=1S/C10H15N3O3S/c1-7-9(5-11-13-7)10(14)12-8-3-2-4-17(15,16)6-8/h5,8H,2-4,6H2,1H3,(H,11,13)(H,12,14). The Hall–Kier alpha value is -1.37. The summed E-state index contributed by atoms with van der Waals surface area (Å²) >= 11 is 0. The van der Waals surface area contributed by atoms with Crippen molar-refractivity contribution in [3.8, 4) is 0 Å².